The first-order chi connectivity index (χ1) is 8.02. The molecule has 96 valence electrons. The van der Waals surface area contributed by atoms with Gasteiger partial charge in [-0.25, -0.2) is 4.98 Å². The molecule has 1 unspecified atom stereocenters. The lowest BCUT2D eigenvalue weighted by molar-refractivity contribution is 0.185. The van der Waals surface area contributed by atoms with Crippen LogP contribution in [0.15, 0.2) is 12.1 Å². The molecular weight excluding hydrogens is 236 g/mol. The molecule has 1 rings (SSSR count). The van der Waals surface area contributed by atoms with E-state index in [1.54, 1.807) is 0 Å². The van der Waals surface area contributed by atoms with Crippen LogP contribution in [0.5, 0.6) is 5.88 Å². The van der Waals surface area contributed by atoms with E-state index in [9.17, 15) is 0 Å². The molecule has 4 heteroatoms. The predicted octanol–water partition coefficient (Wildman–Crippen LogP) is 3.27. The SMILES string of the molecule is CNCc1nc(OC(C)CC(C)C)ccc1Cl. The third-order valence-electron chi connectivity index (χ3n) is 2.36. The summed E-state index contributed by atoms with van der Waals surface area (Å²) in [6, 6.07) is 3.65. The largest absolute Gasteiger partial charge is 0.475 e. The third-order valence-corrected chi connectivity index (χ3v) is 2.71. The van der Waals surface area contributed by atoms with Gasteiger partial charge in [-0.3, -0.25) is 0 Å². The zero-order chi connectivity index (χ0) is 12.8. The number of ether oxygens (including phenoxy) is 1. The Morgan fingerprint density at radius 3 is 2.65 bits per heavy atom. The minimum absolute atomic E-state index is 0.172. The Labute approximate surface area is 109 Å². The summed E-state index contributed by atoms with van der Waals surface area (Å²) >= 11 is 6.04. The lowest BCUT2D eigenvalue weighted by Gasteiger charge is -2.16. The van der Waals surface area contributed by atoms with Gasteiger partial charge in [0.1, 0.15) is 0 Å². The van der Waals surface area contributed by atoms with Gasteiger partial charge in [-0.05, 0) is 32.4 Å². The Balaban J connectivity index is 2.68. The van der Waals surface area contributed by atoms with Crippen LogP contribution in [0.1, 0.15) is 32.9 Å². The molecule has 0 amide bonds. The molecule has 17 heavy (non-hydrogen) atoms. The summed E-state index contributed by atoms with van der Waals surface area (Å²) < 4.78 is 5.77. The van der Waals surface area contributed by atoms with Gasteiger partial charge in [-0.15, -0.1) is 0 Å². The first-order valence-corrected chi connectivity index (χ1v) is 6.37. The number of hydrogen-bond donors (Lipinski definition) is 1. The zero-order valence-electron chi connectivity index (χ0n) is 11.0. The molecule has 0 aliphatic rings. The van der Waals surface area contributed by atoms with Gasteiger partial charge in [0.05, 0.1) is 16.8 Å². The summed E-state index contributed by atoms with van der Waals surface area (Å²) in [5.41, 5.74) is 0.823. The van der Waals surface area contributed by atoms with E-state index in [0.717, 1.165) is 12.1 Å². The van der Waals surface area contributed by atoms with Crippen molar-refractivity contribution in [1.82, 2.24) is 10.3 Å². The van der Waals surface area contributed by atoms with Crippen molar-refractivity contribution in [2.75, 3.05) is 7.05 Å². The van der Waals surface area contributed by atoms with Crippen molar-refractivity contribution in [3.8, 4) is 5.88 Å². The molecule has 1 N–H and O–H groups in total. The quantitative estimate of drug-likeness (QED) is 0.848. The minimum atomic E-state index is 0.172. The molecule has 0 aromatic carbocycles. The molecule has 1 aromatic rings. The predicted molar refractivity (Wildman–Crippen MR) is 71.6 cm³/mol. The Bertz CT molecular complexity index is 355. The number of hydrogen-bond acceptors (Lipinski definition) is 3. The van der Waals surface area contributed by atoms with Crippen molar-refractivity contribution in [2.24, 2.45) is 5.92 Å². The van der Waals surface area contributed by atoms with Gasteiger partial charge in [-0.1, -0.05) is 25.4 Å². The fraction of sp³-hybridized carbons (Fsp3) is 0.615. The van der Waals surface area contributed by atoms with Crippen LogP contribution in [0.2, 0.25) is 5.02 Å². The van der Waals surface area contributed by atoms with E-state index in [2.05, 4.69) is 31.1 Å². The maximum absolute atomic E-state index is 6.04. The summed E-state index contributed by atoms with van der Waals surface area (Å²) in [5.74, 6) is 1.27. The second-order valence-corrected chi connectivity index (χ2v) is 5.07. The normalized spacial score (nSPS) is 12.8. The lowest BCUT2D eigenvalue weighted by atomic mass is 10.1. The zero-order valence-corrected chi connectivity index (χ0v) is 11.7. The molecule has 0 bridgehead atoms. The van der Waals surface area contributed by atoms with E-state index in [1.165, 1.54) is 0 Å². The van der Waals surface area contributed by atoms with Crippen LogP contribution in [-0.2, 0) is 6.54 Å². The number of nitrogens with zero attached hydrogens (tertiary/aromatic N) is 1. The molecule has 1 atom stereocenters. The number of halogens is 1. The molecule has 0 fully saturated rings. The number of pyridine rings is 1. The lowest BCUT2D eigenvalue weighted by Crippen LogP contribution is -2.16. The number of aromatic nitrogens is 1. The fourth-order valence-electron chi connectivity index (χ4n) is 1.74. The molecule has 0 radical (unpaired) electrons. The van der Waals surface area contributed by atoms with Crippen molar-refractivity contribution in [3.05, 3.63) is 22.8 Å². The molecule has 1 aromatic heterocycles. The van der Waals surface area contributed by atoms with Gasteiger partial charge in [0.25, 0.3) is 0 Å². The number of nitrogens with one attached hydrogen (secondary N) is 1. The van der Waals surface area contributed by atoms with Crippen LogP contribution in [-0.4, -0.2) is 18.1 Å². The van der Waals surface area contributed by atoms with Crippen molar-refractivity contribution in [2.45, 2.75) is 39.8 Å². The summed E-state index contributed by atoms with van der Waals surface area (Å²) in [6.07, 6.45) is 1.19. The highest BCUT2D eigenvalue weighted by atomic mass is 35.5. The molecular formula is C13H21ClN2O. The van der Waals surface area contributed by atoms with E-state index < -0.39 is 0 Å². The Hall–Kier alpha value is -0.800. The molecule has 0 aliphatic carbocycles. The monoisotopic (exact) mass is 256 g/mol. The van der Waals surface area contributed by atoms with Crippen molar-refractivity contribution in [3.63, 3.8) is 0 Å². The van der Waals surface area contributed by atoms with Crippen molar-refractivity contribution in [1.29, 1.82) is 0 Å². The van der Waals surface area contributed by atoms with Gasteiger partial charge in [0.2, 0.25) is 5.88 Å². The fourth-order valence-corrected chi connectivity index (χ4v) is 1.91. The highest BCUT2D eigenvalue weighted by Crippen LogP contribution is 2.19. The van der Waals surface area contributed by atoms with Crippen molar-refractivity contribution < 1.29 is 4.74 Å². The van der Waals surface area contributed by atoms with Gasteiger partial charge in [-0.2, -0.15) is 0 Å². The second-order valence-electron chi connectivity index (χ2n) is 4.67. The molecule has 0 spiro atoms. The summed E-state index contributed by atoms with van der Waals surface area (Å²) in [7, 11) is 1.87. The maximum atomic E-state index is 6.04. The van der Waals surface area contributed by atoms with E-state index in [0.29, 0.717) is 23.4 Å². The smallest absolute Gasteiger partial charge is 0.213 e. The van der Waals surface area contributed by atoms with E-state index in [4.69, 9.17) is 16.3 Å². The summed E-state index contributed by atoms with van der Waals surface area (Å²) in [4.78, 5) is 4.39. The highest BCUT2D eigenvalue weighted by molar-refractivity contribution is 6.31. The first-order valence-electron chi connectivity index (χ1n) is 5.99. The molecule has 3 nitrogen and oxygen atoms in total. The average molecular weight is 257 g/mol. The van der Waals surface area contributed by atoms with Crippen LogP contribution in [0.3, 0.4) is 0 Å². The highest BCUT2D eigenvalue weighted by Gasteiger charge is 2.09. The molecule has 0 saturated heterocycles. The maximum Gasteiger partial charge on any atom is 0.213 e. The van der Waals surface area contributed by atoms with Crippen LogP contribution in [0.25, 0.3) is 0 Å². The van der Waals surface area contributed by atoms with Crippen LogP contribution >= 0.6 is 11.6 Å². The second kappa shape index (κ2) is 6.82. The van der Waals surface area contributed by atoms with Crippen molar-refractivity contribution >= 4 is 11.6 Å². The Morgan fingerprint density at radius 1 is 1.35 bits per heavy atom. The summed E-state index contributed by atoms with van der Waals surface area (Å²) in [5, 5.41) is 3.70. The van der Waals surface area contributed by atoms with Crippen LogP contribution in [0.4, 0.5) is 0 Å². The van der Waals surface area contributed by atoms with Gasteiger partial charge < -0.3 is 10.1 Å². The average Bonchev–Trinajstić information content (AvgIpc) is 2.22. The minimum Gasteiger partial charge on any atom is -0.475 e. The first kappa shape index (κ1) is 14.3. The van der Waals surface area contributed by atoms with Gasteiger partial charge in [0, 0.05) is 12.6 Å². The third kappa shape index (κ3) is 4.92. The summed E-state index contributed by atoms with van der Waals surface area (Å²) in [6.45, 7) is 7.08. The van der Waals surface area contributed by atoms with Gasteiger partial charge >= 0.3 is 0 Å². The molecule has 1 heterocycles. The topological polar surface area (TPSA) is 34.2 Å². The Kier molecular flexibility index (Phi) is 5.72. The van der Waals surface area contributed by atoms with E-state index in [-0.39, 0.29) is 6.10 Å². The molecule has 0 aliphatic heterocycles. The standard InChI is InChI=1S/C13H21ClN2O/c1-9(2)7-10(3)17-13-6-5-11(14)12(16-13)8-15-4/h5-6,9-10,15H,7-8H2,1-4H3. The van der Waals surface area contributed by atoms with Gasteiger partial charge in [0.15, 0.2) is 0 Å². The van der Waals surface area contributed by atoms with E-state index in [1.807, 2.05) is 19.2 Å². The Morgan fingerprint density at radius 2 is 2.06 bits per heavy atom. The number of rotatable bonds is 6. The van der Waals surface area contributed by atoms with Crippen LogP contribution < -0.4 is 10.1 Å². The van der Waals surface area contributed by atoms with Crippen LogP contribution in [0, 0.1) is 5.92 Å². The molecule has 0 saturated carbocycles. The van der Waals surface area contributed by atoms with E-state index >= 15 is 0 Å².